The molecular weight excluding hydrogens is 350 g/mol. The summed E-state index contributed by atoms with van der Waals surface area (Å²) in [4.78, 5) is -0.0818. The predicted molar refractivity (Wildman–Crippen MR) is 83.5 cm³/mol. The molecule has 0 unspecified atom stereocenters. The van der Waals surface area contributed by atoms with Crippen LogP contribution in [0.1, 0.15) is 19.8 Å². The molecule has 1 heterocycles. The Hall–Kier alpha value is -0.960. The maximum atomic E-state index is 12.3. The molecule has 0 aromatic heterocycles. The highest BCUT2D eigenvalue weighted by Crippen LogP contribution is 2.30. The Bertz CT molecular complexity index is 649. The van der Waals surface area contributed by atoms with Crippen molar-refractivity contribution in [2.75, 3.05) is 19.6 Å². The molecule has 0 aliphatic carbocycles. The van der Waals surface area contributed by atoms with Crippen LogP contribution in [0.5, 0.6) is 5.75 Å². The predicted octanol–water partition coefficient (Wildman–Crippen LogP) is 2.61. The van der Waals surface area contributed by atoms with Crippen molar-refractivity contribution >= 4 is 21.6 Å². The van der Waals surface area contributed by atoms with E-state index in [2.05, 4.69) is 14.8 Å². The summed E-state index contributed by atoms with van der Waals surface area (Å²) in [6.45, 7) is 1.02. The number of rotatable bonds is 6. The van der Waals surface area contributed by atoms with E-state index in [1.165, 1.54) is 6.07 Å². The van der Waals surface area contributed by atoms with E-state index >= 15 is 0 Å². The molecule has 0 amide bonds. The second kappa shape index (κ2) is 7.29. The summed E-state index contributed by atoms with van der Waals surface area (Å²) >= 11 is 5.80. The molecule has 23 heavy (non-hydrogen) atoms. The molecule has 2 N–H and O–H groups in total. The van der Waals surface area contributed by atoms with Gasteiger partial charge in [-0.15, -0.1) is 0 Å². The minimum atomic E-state index is -3.76. The quantitative estimate of drug-likeness (QED) is 0.810. The van der Waals surface area contributed by atoms with Crippen LogP contribution < -0.4 is 14.8 Å². The molecule has 1 aliphatic rings. The lowest BCUT2D eigenvalue weighted by atomic mass is 9.81. The Balaban J connectivity index is 2.08. The third-order valence-corrected chi connectivity index (χ3v) is 5.62. The summed E-state index contributed by atoms with van der Waals surface area (Å²) in [6.07, 6.45) is 1.74. The van der Waals surface area contributed by atoms with E-state index in [4.69, 9.17) is 11.6 Å². The molecule has 5 nitrogen and oxygen atoms in total. The van der Waals surface area contributed by atoms with E-state index in [0.29, 0.717) is 6.54 Å². The minimum Gasteiger partial charge on any atom is -0.433 e. The van der Waals surface area contributed by atoms with Gasteiger partial charge in [0, 0.05) is 6.54 Å². The summed E-state index contributed by atoms with van der Waals surface area (Å²) in [5.74, 6) is -0.258. The van der Waals surface area contributed by atoms with Gasteiger partial charge < -0.3 is 10.1 Å². The first-order valence-electron chi connectivity index (χ1n) is 7.17. The summed E-state index contributed by atoms with van der Waals surface area (Å²) in [5.41, 5.74) is -0.110. The van der Waals surface area contributed by atoms with E-state index in [-0.39, 0.29) is 21.1 Å². The number of sulfonamides is 1. The first-order chi connectivity index (χ1) is 10.7. The van der Waals surface area contributed by atoms with Gasteiger partial charge in [-0.25, -0.2) is 13.1 Å². The zero-order valence-corrected chi connectivity index (χ0v) is 14.2. The zero-order valence-electron chi connectivity index (χ0n) is 12.6. The SMILES string of the molecule is CC1(CNS(=O)(=O)c2ccc(OC(F)F)c(Cl)c2)CCNCC1. The molecule has 1 fully saturated rings. The molecule has 0 radical (unpaired) electrons. The Labute approximate surface area is 139 Å². The lowest BCUT2D eigenvalue weighted by Crippen LogP contribution is -2.42. The number of alkyl halides is 2. The molecule has 0 saturated carbocycles. The highest BCUT2D eigenvalue weighted by Gasteiger charge is 2.29. The molecule has 0 bridgehead atoms. The Morgan fingerprint density at radius 3 is 2.61 bits per heavy atom. The molecule has 1 aliphatic heterocycles. The summed E-state index contributed by atoms with van der Waals surface area (Å²) in [7, 11) is -3.76. The third-order valence-electron chi connectivity index (χ3n) is 3.93. The van der Waals surface area contributed by atoms with Crippen molar-refractivity contribution in [3.05, 3.63) is 23.2 Å². The number of nitrogens with one attached hydrogen (secondary N) is 2. The van der Waals surface area contributed by atoms with Crippen molar-refractivity contribution in [3.8, 4) is 5.75 Å². The molecule has 1 aromatic rings. The molecule has 0 atom stereocenters. The van der Waals surface area contributed by atoms with Gasteiger partial charge in [-0.1, -0.05) is 18.5 Å². The second-order valence-electron chi connectivity index (χ2n) is 5.86. The van der Waals surface area contributed by atoms with E-state index in [0.717, 1.165) is 38.1 Å². The molecular formula is C14H19ClF2N2O3S. The second-order valence-corrected chi connectivity index (χ2v) is 8.03. The highest BCUT2D eigenvalue weighted by atomic mass is 35.5. The number of hydrogen-bond donors (Lipinski definition) is 2. The number of benzene rings is 1. The average molecular weight is 369 g/mol. The van der Waals surface area contributed by atoms with Crippen molar-refractivity contribution in [2.24, 2.45) is 5.41 Å². The fourth-order valence-electron chi connectivity index (χ4n) is 2.40. The van der Waals surface area contributed by atoms with E-state index in [1.807, 2.05) is 6.92 Å². The molecule has 0 spiro atoms. The molecule has 130 valence electrons. The first kappa shape index (κ1) is 18.4. The maximum absolute atomic E-state index is 12.3. The van der Waals surface area contributed by atoms with Gasteiger partial charge in [0.2, 0.25) is 10.0 Å². The number of ether oxygens (including phenoxy) is 1. The van der Waals surface area contributed by atoms with Gasteiger partial charge in [0.05, 0.1) is 9.92 Å². The van der Waals surface area contributed by atoms with Crippen LogP contribution in [0.15, 0.2) is 23.1 Å². The first-order valence-corrected chi connectivity index (χ1v) is 9.03. The fraction of sp³-hybridized carbons (Fsp3) is 0.571. The highest BCUT2D eigenvalue weighted by molar-refractivity contribution is 7.89. The van der Waals surface area contributed by atoms with Crippen LogP contribution in [0.3, 0.4) is 0 Å². The minimum absolute atomic E-state index is 0.0818. The lowest BCUT2D eigenvalue weighted by Gasteiger charge is -2.34. The topological polar surface area (TPSA) is 67.4 Å². The smallest absolute Gasteiger partial charge is 0.387 e. The van der Waals surface area contributed by atoms with Crippen LogP contribution in [0.4, 0.5) is 8.78 Å². The largest absolute Gasteiger partial charge is 0.433 e. The van der Waals surface area contributed by atoms with Gasteiger partial charge in [0.15, 0.2) is 0 Å². The number of hydrogen-bond acceptors (Lipinski definition) is 4. The standard InChI is InChI=1S/C14H19ClF2N2O3S/c1-14(4-6-18-7-5-14)9-19-23(20,21)10-2-3-12(11(15)8-10)22-13(16)17/h2-3,8,13,18-19H,4-7,9H2,1H3. The van der Waals surface area contributed by atoms with E-state index in [1.54, 1.807) is 0 Å². The van der Waals surface area contributed by atoms with Crippen molar-refractivity contribution in [1.82, 2.24) is 10.0 Å². The molecule has 2 rings (SSSR count). The maximum Gasteiger partial charge on any atom is 0.387 e. The molecule has 1 aromatic carbocycles. The van der Waals surface area contributed by atoms with Gasteiger partial charge in [0.25, 0.3) is 0 Å². The van der Waals surface area contributed by atoms with Crippen LogP contribution in [-0.2, 0) is 10.0 Å². The van der Waals surface area contributed by atoms with Gasteiger partial charge in [-0.2, -0.15) is 8.78 Å². The lowest BCUT2D eigenvalue weighted by molar-refractivity contribution is -0.0498. The molecule has 9 heteroatoms. The average Bonchev–Trinajstić information content (AvgIpc) is 2.48. The number of piperidine rings is 1. The van der Waals surface area contributed by atoms with E-state index in [9.17, 15) is 17.2 Å². The summed E-state index contributed by atoms with van der Waals surface area (Å²) in [6, 6.07) is 3.42. The van der Waals surface area contributed by atoms with Crippen molar-refractivity contribution in [1.29, 1.82) is 0 Å². The van der Waals surface area contributed by atoms with Crippen molar-refractivity contribution < 1.29 is 21.9 Å². The zero-order chi connectivity index (χ0) is 17.1. The van der Waals surface area contributed by atoms with Crippen LogP contribution in [0, 0.1) is 5.41 Å². The third kappa shape index (κ3) is 5.00. The van der Waals surface area contributed by atoms with Crippen molar-refractivity contribution in [3.63, 3.8) is 0 Å². The normalized spacial score (nSPS) is 18.1. The van der Waals surface area contributed by atoms with Crippen LogP contribution in [0.25, 0.3) is 0 Å². The summed E-state index contributed by atoms with van der Waals surface area (Å²) < 4.78 is 55.8. The van der Waals surface area contributed by atoms with Gasteiger partial charge in [-0.05, 0) is 49.5 Å². The Kier molecular flexibility index (Phi) is 5.83. The van der Waals surface area contributed by atoms with Crippen LogP contribution in [0.2, 0.25) is 5.02 Å². The monoisotopic (exact) mass is 368 g/mol. The van der Waals surface area contributed by atoms with E-state index < -0.39 is 16.6 Å². The Morgan fingerprint density at radius 1 is 1.39 bits per heavy atom. The van der Waals surface area contributed by atoms with Gasteiger partial charge in [0.1, 0.15) is 5.75 Å². The summed E-state index contributed by atoms with van der Waals surface area (Å²) in [5, 5.41) is 3.05. The van der Waals surface area contributed by atoms with Crippen molar-refractivity contribution in [2.45, 2.75) is 31.3 Å². The van der Waals surface area contributed by atoms with Crippen LogP contribution in [-0.4, -0.2) is 34.7 Å². The molecule has 1 saturated heterocycles. The fourth-order valence-corrected chi connectivity index (χ4v) is 3.92. The van der Waals surface area contributed by atoms with Gasteiger partial charge >= 0.3 is 6.61 Å². The van der Waals surface area contributed by atoms with Crippen LogP contribution >= 0.6 is 11.6 Å². The number of halogens is 3. The Morgan fingerprint density at radius 2 is 2.04 bits per heavy atom. The van der Waals surface area contributed by atoms with Gasteiger partial charge in [-0.3, -0.25) is 0 Å².